The molecule has 0 aliphatic rings. The number of halogens is 12. The Hall–Kier alpha value is -1.34. The first-order valence-electron chi connectivity index (χ1n) is 3.83. The zero-order chi connectivity index (χ0) is 16.6. The highest BCUT2D eigenvalue weighted by Gasteiger charge is 2.72. The minimum Gasteiger partial charge on any atom is -0.396 e. The van der Waals surface area contributed by atoms with Crippen molar-refractivity contribution in [1.29, 1.82) is 0 Å². The maximum absolute atomic E-state index is 12.3. The topological polar surface area (TPSA) is 18.5 Å². The Kier molecular flexibility index (Phi) is 4.86. The van der Waals surface area contributed by atoms with E-state index in [0.717, 1.165) is 0 Å². The number of hydrogen-bond donors (Lipinski definition) is 0. The molecule has 120 valence electrons. The van der Waals surface area contributed by atoms with Gasteiger partial charge in [-0.05, 0) is 0 Å². The van der Waals surface area contributed by atoms with Crippen molar-refractivity contribution in [2.75, 3.05) is 0 Å². The fraction of sp³-hybridized carbons (Fsp3) is 0.667. The Morgan fingerprint density at radius 1 is 0.600 bits per heavy atom. The summed E-state index contributed by atoms with van der Waals surface area (Å²) in [5.41, 5.74) is 0. The molecule has 0 unspecified atom stereocenters. The van der Waals surface area contributed by atoms with Crippen LogP contribution in [0.15, 0.2) is 12.1 Å². The number of hydrogen-bond acceptors (Lipinski definition) is 2. The van der Waals surface area contributed by atoms with E-state index in [-0.39, 0.29) is 0 Å². The molecule has 0 fully saturated rings. The summed E-state index contributed by atoms with van der Waals surface area (Å²) in [5.74, 6) is 0. The molecule has 0 atom stereocenters. The van der Waals surface area contributed by atoms with Crippen LogP contribution in [0, 0.1) is 0 Å². The summed E-state index contributed by atoms with van der Waals surface area (Å²) in [7, 11) is 0. The molecule has 14 heteroatoms. The van der Waals surface area contributed by atoms with E-state index in [1.54, 1.807) is 0 Å². The molecule has 0 aliphatic heterocycles. The van der Waals surface area contributed by atoms with E-state index in [0.29, 0.717) is 0 Å². The van der Waals surface area contributed by atoms with E-state index in [4.69, 9.17) is 0 Å². The van der Waals surface area contributed by atoms with Crippen LogP contribution in [0.5, 0.6) is 0 Å². The largest absolute Gasteiger partial charge is 0.496 e. The normalized spacial score (nSPS) is 14.2. The third kappa shape index (κ3) is 4.08. The second kappa shape index (κ2) is 5.21. The van der Waals surface area contributed by atoms with Crippen molar-refractivity contribution in [3.63, 3.8) is 0 Å². The van der Waals surface area contributed by atoms with Gasteiger partial charge in [-0.1, -0.05) is 0 Å². The lowest BCUT2D eigenvalue weighted by molar-refractivity contribution is -0.514. The minimum atomic E-state index is -6.83. The van der Waals surface area contributed by atoms with E-state index in [1.807, 2.05) is 4.74 Å². The Morgan fingerprint density at radius 3 is 1.30 bits per heavy atom. The molecule has 0 aromatic carbocycles. The Morgan fingerprint density at radius 2 is 1.00 bits per heavy atom. The lowest BCUT2D eigenvalue weighted by Crippen LogP contribution is -2.52. The number of ether oxygens (including phenoxy) is 2. The highest BCUT2D eigenvalue weighted by molar-refractivity contribution is 4.85. The standard InChI is InChI=1S/C6F12O2/c7-1(8)2(9)19-5(15,16)6(17,18)20-4(13,14)3(10,11)12. The number of alkyl halides is 9. The third-order valence-corrected chi connectivity index (χ3v) is 1.29. The van der Waals surface area contributed by atoms with Crippen molar-refractivity contribution < 1.29 is 62.2 Å². The van der Waals surface area contributed by atoms with Crippen LogP contribution in [-0.4, -0.2) is 24.5 Å². The van der Waals surface area contributed by atoms with E-state index in [9.17, 15) is 52.7 Å². The molecule has 0 N–H and O–H groups in total. The maximum Gasteiger partial charge on any atom is 0.496 e. The fourth-order valence-corrected chi connectivity index (χ4v) is 0.489. The zero-order valence-corrected chi connectivity index (χ0v) is 8.35. The highest BCUT2D eigenvalue weighted by Crippen LogP contribution is 2.46. The van der Waals surface area contributed by atoms with Gasteiger partial charge in [0.25, 0.3) is 0 Å². The van der Waals surface area contributed by atoms with Gasteiger partial charge in [0.15, 0.2) is 0 Å². The van der Waals surface area contributed by atoms with Gasteiger partial charge < -0.3 is 4.74 Å². The first-order chi connectivity index (χ1) is 8.53. The molecule has 0 rings (SSSR count). The van der Waals surface area contributed by atoms with Crippen LogP contribution in [-0.2, 0) is 9.47 Å². The summed E-state index contributed by atoms with van der Waals surface area (Å²) in [6.45, 7) is 0. The summed E-state index contributed by atoms with van der Waals surface area (Å²) in [4.78, 5) is 0. The van der Waals surface area contributed by atoms with Gasteiger partial charge in [0.05, 0.1) is 0 Å². The first kappa shape index (κ1) is 18.7. The van der Waals surface area contributed by atoms with Gasteiger partial charge >= 0.3 is 36.6 Å². The van der Waals surface area contributed by atoms with Crippen molar-refractivity contribution >= 4 is 0 Å². The maximum atomic E-state index is 12.3. The van der Waals surface area contributed by atoms with Crippen LogP contribution in [0.4, 0.5) is 52.7 Å². The molecule has 2 nitrogen and oxygen atoms in total. The Balaban J connectivity index is 5.28. The molecule has 0 aromatic heterocycles. The fourth-order valence-electron chi connectivity index (χ4n) is 0.489. The monoisotopic (exact) mass is 332 g/mol. The molecule has 0 saturated heterocycles. The van der Waals surface area contributed by atoms with E-state index in [1.165, 1.54) is 4.74 Å². The van der Waals surface area contributed by atoms with Crippen LogP contribution in [0.1, 0.15) is 0 Å². The molecule has 0 radical (unpaired) electrons. The van der Waals surface area contributed by atoms with Gasteiger partial charge in [-0.3, -0.25) is 0 Å². The molecule has 20 heavy (non-hydrogen) atoms. The van der Waals surface area contributed by atoms with Crippen LogP contribution in [0.25, 0.3) is 0 Å². The SMILES string of the molecule is FC(F)=C(F)OC(F)(F)C(F)(F)OC(F)(F)C(F)(F)F. The van der Waals surface area contributed by atoms with Crippen molar-refractivity contribution in [3.05, 3.63) is 12.1 Å². The molecule has 0 amide bonds. The Bertz CT molecular complexity index is 378. The van der Waals surface area contributed by atoms with Crippen LogP contribution < -0.4 is 0 Å². The molecule has 0 spiro atoms. The molecule has 0 heterocycles. The van der Waals surface area contributed by atoms with E-state index < -0.39 is 36.6 Å². The average molecular weight is 332 g/mol. The summed E-state index contributed by atoms with van der Waals surface area (Å²) < 4.78 is 146. The molecular weight excluding hydrogens is 332 g/mol. The van der Waals surface area contributed by atoms with Crippen LogP contribution in [0.2, 0.25) is 0 Å². The number of rotatable bonds is 5. The van der Waals surface area contributed by atoms with Crippen molar-refractivity contribution in [3.8, 4) is 0 Å². The van der Waals surface area contributed by atoms with Crippen LogP contribution >= 0.6 is 0 Å². The Labute approximate surface area is 100 Å². The molecular formula is C6F12O2. The second-order valence-corrected chi connectivity index (χ2v) is 2.79. The predicted octanol–water partition coefficient (Wildman–Crippen LogP) is 4.40. The lowest BCUT2D eigenvalue weighted by Gasteiger charge is -2.28. The summed E-state index contributed by atoms with van der Waals surface area (Å²) in [6, 6.07) is -3.62. The zero-order valence-electron chi connectivity index (χ0n) is 8.35. The third-order valence-electron chi connectivity index (χ3n) is 1.29. The molecule has 0 saturated carbocycles. The van der Waals surface area contributed by atoms with Crippen LogP contribution in [0.3, 0.4) is 0 Å². The van der Waals surface area contributed by atoms with Crippen molar-refractivity contribution in [1.82, 2.24) is 0 Å². The minimum absolute atomic E-state index is 1.53. The van der Waals surface area contributed by atoms with Gasteiger partial charge in [0.2, 0.25) is 0 Å². The average Bonchev–Trinajstić information content (AvgIpc) is 2.12. The van der Waals surface area contributed by atoms with Crippen molar-refractivity contribution in [2.24, 2.45) is 0 Å². The first-order valence-corrected chi connectivity index (χ1v) is 3.83. The second-order valence-electron chi connectivity index (χ2n) is 2.79. The van der Waals surface area contributed by atoms with Gasteiger partial charge in [-0.2, -0.15) is 52.7 Å². The van der Waals surface area contributed by atoms with Gasteiger partial charge in [-0.15, -0.1) is 0 Å². The highest BCUT2D eigenvalue weighted by atomic mass is 19.4. The summed E-state index contributed by atoms with van der Waals surface area (Å²) >= 11 is 0. The molecule has 0 bridgehead atoms. The summed E-state index contributed by atoms with van der Waals surface area (Å²) in [6.07, 6.45) is -30.7. The van der Waals surface area contributed by atoms with Gasteiger partial charge in [0, 0.05) is 0 Å². The smallest absolute Gasteiger partial charge is 0.396 e. The summed E-state index contributed by atoms with van der Waals surface area (Å²) in [5, 5.41) is 0. The molecule has 0 aliphatic carbocycles. The van der Waals surface area contributed by atoms with E-state index >= 15 is 0 Å². The quantitative estimate of drug-likeness (QED) is 0.549. The van der Waals surface area contributed by atoms with Crippen molar-refractivity contribution in [2.45, 2.75) is 24.5 Å². The van der Waals surface area contributed by atoms with Gasteiger partial charge in [0.1, 0.15) is 0 Å². The predicted molar refractivity (Wildman–Crippen MR) is 33.4 cm³/mol. The molecule has 0 aromatic rings. The van der Waals surface area contributed by atoms with E-state index in [2.05, 4.69) is 0 Å². The van der Waals surface area contributed by atoms with Gasteiger partial charge in [-0.25, -0.2) is 4.74 Å². The lowest BCUT2D eigenvalue weighted by atomic mass is 10.5.